The molecule has 2 heteroatoms. The van der Waals surface area contributed by atoms with E-state index in [1.165, 1.54) is 0 Å². The molecular weight excluding hydrogens is 152 g/mol. The van der Waals surface area contributed by atoms with Crippen molar-refractivity contribution in [3.05, 3.63) is 12.2 Å². The van der Waals surface area contributed by atoms with Gasteiger partial charge in [-0.2, -0.15) is 0 Å². The molecule has 0 spiro atoms. The molecule has 12 heavy (non-hydrogen) atoms. The standard InChI is InChI=1S/C10H16O2/c1-9(11)6-4-2-3-5-7-10-8-12-10/h5,7,10H,2-4,6,8H2,1H3/b7-5-/t10-/m1/s1. The molecule has 1 fully saturated rings. The van der Waals surface area contributed by atoms with Gasteiger partial charge >= 0.3 is 0 Å². The molecule has 1 aliphatic rings. The van der Waals surface area contributed by atoms with Crippen molar-refractivity contribution < 1.29 is 9.53 Å². The zero-order valence-electron chi connectivity index (χ0n) is 7.58. The molecular formula is C10H16O2. The molecule has 0 aliphatic carbocycles. The molecule has 0 radical (unpaired) electrons. The number of unbranched alkanes of at least 4 members (excludes halogenated alkanes) is 2. The molecule has 0 aromatic rings. The quantitative estimate of drug-likeness (QED) is 0.345. The predicted molar refractivity (Wildman–Crippen MR) is 48.0 cm³/mol. The van der Waals surface area contributed by atoms with Crippen LogP contribution in [-0.2, 0) is 9.53 Å². The van der Waals surface area contributed by atoms with Gasteiger partial charge in [0.05, 0.1) is 12.7 Å². The fraction of sp³-hybridized carbons (Fsp3) is 0.700. The van der Waals surface area contributed by atoms with Gasteiger partial charge in [0.2, 0.25) is 0 Å². The number of rotatable bonds is 6. The van der Waals surface area contributed by atoms with Gasteiger partial charge in [-0.3, -0.25) is 0 Å². The maximum Gasteiger partial charge on any atom is 0.129 e. The molecule has 68 valence electrons. The van der Waals surface area contributed by atoms with Gasteiger partial charge in [0.25, 0.3) is 0 Å². The lowest BCUT2D eigenvalue weighted by Gasteiger charge is -1.92. The summed E-state index contributed by atoms with van der Waals surface area (Å²) in [5.74, 6) is 0.296. The first-order valence-electron chi connectivity index (χ1n) is 4.57. The summed E-state index contributed by atoms with van der Waals surface area (Å²) in [4.78, 5) is 10.6. The zero-order chi connectivity index (χ0) is 8.81. The molecule has 0 saturated carbocycles. The Balaban J connectivity index is 1.84. The normalized spacial score (nSPS) is 21.6. The van der Waals surface area contributed by atoms with Gasteiger partial charge in [-0.05, 0) is 26.2 Å². The second-order valence-electron chi connectivity index (χ2n) is 3.25. The Morgan fingerprint density at radius 2 is 2.33 bits per heavy atom. The summed E-state index contributed by atoms with van der Waals surface area (Å²) in [7, 11) is 0. The van der Waals surface area contributed by atoms with Crippen LogP contribution < -0.4 is 0 Å². The minimum atomic E-state index is 0.296. The number of hydrogen-bond donors (Lipinski definition) is 0. The predicted octanol–water partition coefficient (Wildman–Crippen LogP) is 2.09. The molecule has 0 bridgehead atoms. The van der Waals surface area contributed by atoms with Crippen LogP contribution in [-0.4, -0.2) is 18.5 Å². The van der Waals surface area contributed by atoms with E-state index >= 15 is 0 Å². The van der Waals surface area contributed by atoms with Crippen molar-refractivity contribution in [2.75, 3.05) is 6.61 Å². The van der Waals surface area contributed by atoms with Crippen LogP contribution in [0.25, 0.3) is 0 Å². The number of Topliss-reactive ketones (excluding diaryl/α,β-unsaturated/α-hetero) is 1. The number of hydrogen-bond acceptors (Lipinski definition) is 2. The molecule has 2 nitrogen and oxygen atoms in total. The number of ketones is 1. The Bertz CT molecular complexity index is 169. The van der Waals surface area contributed by atoms with Gasteiger partial charge in [-0.1, -0.05) is 12.2 Å². The van der Waals surface area contributed by atoms with Crippen LogP contribution in [0.4, 0.5) is 0 Å². The highest BCUT2D eigenvalue weighted by molar-refractivity contribution is 5.75. The van der Waals surface area contributed by atoms with Crippen molar-refractivity contribution in [2.24, 2.45) is 0 Å². The maximum absolute atomic E-state index is 10.6. The fourth-order valence-corrected chi connectivity index (χ4v) is 1.05. The summed E-state index contributed by atoms with van der Waals surface area (Å²) < 4.78 is 5.01. The summed E-state index contributed by atoms with van der Waals surface area (Å²) in [6, 6.07) is 0. The van der Waals surface area contributed by atoms with E-state index in [9.17, 15) is 4.79 Å². The molecule has 0 aromatic heterocycles. The highest BCUT2D eigenvalue weighted by Crippen LogP contribution is 2.11. The molecule has 1 heterocycles. The van der Waals surface area contributed by atoms with Crippen LogP contribution in [0.2, 0.25) is 0 Å². The van der Waals surface area contributed by atoms with Crippen LogP contribution in [0.1, 0.15) is 32.6 Å². The lowest BCUT2D eigenvalue weighted by molar-refractivity contribution is -0.117. The molecule has 1 aliphatic heterocycles. The first-order chi connectivity index (χ1) is 5.79. The topological polar surface area (TPSA) is 29.6 Å². The molecule has 1 atom stereocenters. The molecule has 1 saturated heterocycles. The zero-order valence-corrected chi connectivity index (χ0v) is 7.58. The lowest BCUT2D eigenvalue weighted by atomic mass is 10.1. The third-order valence-electron chi connectivity index (χ3n) is 1.86. The maximum atomic E-state index is 10.6. The van der Waals surface area contributed by atoms with E-state index in [0.717, 1.165) is 32.3 Å². The van der Waals surface area contributed by atoms with Gasteiger partial charge < -0.3 is 9.53 Å². The molecule has 1 rings (SSSR count). The fourth-order valence-electron chi connectivity index (χ4n) is 1.05. The first-order valence-corrected chi connectivity index (χ1v) is 4.57. The van der Waals surface area contributed by atoms with E-state index in [1.54, 1.807) is 6.92 Å². The van der Waals surface area contributed by atoms with Crippen molar-refractivity contribution in [1.29, 1.82) is 0 Å². The van der Waals surface area contributed by atoms with Crippen molar-refractivity contribution in [3.8, 4) is 0 Å². The molecule has 0 N–H and O–H groups in total. The minimum Gasteiger partial charge on any atom is -0.369 e. The van der Waals surface area contributed by atoms with E-state index in [0.29, 0.717) is 11.9 Å². The summed E-state index contributed by atoms with van der Waals surface area (Å²) >= 11 is 0. The summed E-state index contributed by atoms with van der Waals surface area (Å²) in [6.45, 7) is 2.54. The summed E-state index contributed by atoms with van der Waals surface area (Å²) in [6.07, 6.45) is 8.60. The number of ether oxygens (including phenoxy) is 1. The largest absolute Gasteiger partial charge is 0.369 e. The SMILES string of the molecule is CC(=O)CCCC/C=C\[C@@H]1CO1. The number of epoxide rings is 1. The van der Waals surface area contributed by atoms with E-state index < -0.39 is 0 Å². The van der Waals surface area contributed by atoms with E-state index in [4.69, 9.17) is 4.74 Å². The van der Waals surface area contributed by atoms with Crippen molar-refractivity contribution >= 4 is 5.78 Å². The average molecular weight is 168 g/mol. The Hall–Kier alpha value is -0.630. The van der Waals surface area contributed by atoms with Gasteiger partial charge in [0.1, 0.15) is 5.78 Å². The van der Waals surface area contributed by atoms with Crippen LogP contribution in [0.15, 0.2) is 12.2 Å². The molecule has 0 amide bonds. The second kappa shape index (κ2) is 5.09. The van der Waals surface area contributed by atoms with Crippen LogP contribution in [0.5, 0.6) is 0 Å². The summed E-state index contributed by atoms with van der Waals surface area (Å²) in [5.41, 5.74) is 0. The van der Waals surface area contributed by atoms with Gasteiger partial charge in [0, 0.05) is 6.42 Å². The van der Waals surface area contributed by atoms with E-state index in [2.05, 4.69) is 12.2 Å². The number of carbonyl (C=O) groups is 1. The highest BCUT2D eigenvalue weighted by Gasteiger charge is 2.17. The highest BCUT2D eigenvalue weighted by atomic mass is 16.6. The Labute approximate surface area is 73.6 Å². The monoisotopic (exact) mass is 168 g/mol. The minimum absolute atomic E-state index is 0.296. The second-order valence-corrected chi connectivity index (χ2v) is 3.25. The number of allylic oxidation sites excluding steroid dienone is 1. The Morgan fingerprint density at radius 1 is 1.58 bits per heavy atom. The third kappa shape index (κ3) is 5.08. The average Bonchev–Trinajstić information content (AvgIpc) is 2.79. The Kier molecular flexibility index (Phi) is 4.01. The smallest absolute Gasteiger partial charge is 0.129 e. The first kappa shape index (κ1) is 9.46. The van der Waals surface area contributed by atoms with Gasteiger partial charge in [0.15, 0.2) is 0 Å². The third-order valence-corrected chi connectivity index (χ3v) is 1.86. The van der Waals surface area contributed by atoms with Crippen LogP contribution in [0.3, 0.4) is 0 Å². The van der Waals surface area contributed by atoms with Crippen molar-refractivity contribution in [2.45, 2.75) is 38.7 Å². The van der Waals surface area contributed by atoms with E-state index in [-0.39, 0.29) is 0 Å². The Morgan fingerprint density at radius 3 is 2.92 bits per heavy atom. The van der Waals surface area contributed by atoms with E-state index in [1.807, 2.05) is 0 Å². The number of carbonyl (C=O) groups excluding carboxylic acids is 1. The van der Waals surface area contributed by atoms with Crippen molar-refractivity contribution in [3.63, 3.8) is 0 Å². The van der Waals surface area contributed by atoms with Gasteiger partial charge in [-0.15, -0.1) is 0 Å². The van der Waals surface area contributed by atoms with Gasteiger partial charge in [-0.25, -0.2) is 0 Å². The molecule has 0 unspecified atom stereocenters. The van der Waals surface area contributed by atoms with Crippen LogP contribution >= 0.6 is 0 Å². The molecule has 0 aromatic carbocycles. The lowest BCUT2D eigenvalue weighted by Crippen LogP contribution is -1.88. The van der Waals surface area contributed by atoms with Crippen molar-refractivity contribution in [1.82, 2.24) is 0 Å². The summed E-state index contributed by atoms with van der Waals surface area (Å²) in [5, 5.41) is 0. The van der Waals surface area contributed by atoms with Crippen LogP contribution in [0, 0.1) is 0 Å².